The molecule has 0 fully saturated rings. The van der Waals surface area contributed by atoms with E-state index in [1.807, 2.05) is 36.4 Å². The molecular formula is C17H17NO3. The van der Waals surface area contributed by atoms with Crippen molar-refractivity contribution in [2.45, 2.75) is 19.3 Å². The molecule has 2 aromatic carbocycles. The molecule has 0 aliphatic rings. The first-order valence-corrected chi connectivity index (χ1v) is 7.10. The van der Waals surface area contributed by atoms with Gasteiger partial charge in [0.25, 0.3) is 0 Å². The number of hydrogen-bond acceptors (Lipinski definition) is 2. The maximum atomic E-state index is 10.5. The first kappa shape index (κ1) is 13.5. The Morgan fingerprint density at radius 2 is 1.86 bits per heavy atom. The van der Waals surface area contributed by atoms with E-state index in [1.165, 1.54) is 0 Å². The van der Waals surface area contributed by atoms with Gasteiger partial charge in [0.1, 0.15) is 5.75 Å². The van der Waals surface area contributed by atoms with E-state index in [2.05, 4.69) is 11.1 Å². The minimum absolute atomic E-state index is 0.195. The largest absolute Gasteiger partial charge is 0.493 e. The number of carboxylic acid groups (broad SMARTS) is 1. The summed E-state index contributed by atoms with van der Waals surface area (Å²) >= 11 is 0. The highest BCUT2D eigenvalue weighted by Crippen LogP contribution is 2.32. The molecule has 0 bridgehead atoms. The Hall–Kier alpha value is -2.49. The Balaban J connectivity index is 1.80. The van der Waals surface area contributed by atoms with Crippen molar-refractivity contribution in [3.05, 3.63) is 42.5 Å². The van der Waals surface area contributed by atoms with Gasteiger partial charge < -0.3 is 14.8 Å². The van der Waals surface area contributed by atoms with Gasteiger partial charge in [-0.25, -0.2) is 0 Å². The van der Waals surface area contributed by atoms with Crippen molar-refractivity contribution in [2.24, 2.45) is 0 Å². The summed E-state index contributed by atoms with van der Waals surface area (Å²) in [5.74, 6) is 0.0917. The van der Waals surface area contributed by atoms with Crippen LogP contribution in [0.5, 0.6) is 5.75 Å². The molecule has 0 aliphatic heterocycles. The molecule has 0 amide bonds. The number of aromatic amines is 1. The van der Waals surface area contributed by atoms with Crippen molar-refractivity contribution < 1.29 is 14.6 Å². The average molecular weight is 283 g/mol. The van der Waals surface area contributed by atoms with Crippen LogP contribution in [-0.4, -0.2) is 22.7 Å². The van der Waals surface area contributed by atoms with Gasteiger partial charge in [0.05, 0.1) is 12.1 Å². The molecule has 1 heterocycles. The summed E-state index contributed by atoms with van der Waals surface area (Å²) in [7, 11) is 0. The first-order chi connectivity index (χ1) is 10.3. The van der Waals surface area contributed by atoms with Crippen molar-refractivity contribution >= 4 is 27.8 Å². The van der Waals surface area contributed by atoms with Crippen molar-refractivity contribution in [3.8, 4) is 5.75 Å². The topological polar surface area (TPSA) is 62.3 Å². The number of rotatable bonds is 6. The second-order valence-corrected chi connectivity index (χ2v) is 5.05. The van der Waals surface area contributed by atoms with Gasteiger partial charge in [0.2, 0.25) is 0 Å². The van der Waals surface area contributed by atoms with E-state index in [0.717, 1.165) is 34.0 Å². The molecule has 0 spiro atoms. The van der Waals surface area contributed by atoms with Gasteiger partial charge in [0.15, 0.2) is 0 Å². The Kier molecular flexibility index (Phi) is 3.77. The zero-order valence-electron chi connectivity index (χ0n) is 11.6. The highest BCUT2D eigenvalue weighted by atomic mass is 16.5. The van der Waals surface area contributed by atoms with Crippen LogP contribution in [0.15, 0.2) is 42.5 Å². The van der Waals surface area contributed by atoms with Gasteiger partial charge in [0, 0.05) is 22.7 Å². The molecule has 4 nitrogen and oxygen atoms in total. The maximum Gasteiger partial charge on any atom is 0.303 e. The maximum absolute atomic E-state index is 10.5. The van der Waals surface area contributed by atoms with Crippen molar-refractivity contribution in [3.63, 3.8) is 0 Å². The van der Waals surface area contributed by atoms with E-state index in [9.17, 15) is 4.79 Å². The molecule has 21 heavy (non-hydrogen) atoms. The average Bonchev–Trinajstić information content (AvgIpc) is 2.85. The number of fused-ring (bicyclic) bond motifs is 3. The molecule has 0 unspecified atom stereocenters. The second-order valence-electron chi connectivity index (χ2n) is 5.05. The Morgan fingerprint density at radius 3 is 2.71 bits per heavy atom. The molecule has 1 aromatic heterocycles. The summed E-state index contributed by atoms with van der Waals surface area (Å²) in [6, 6.07) is 14.1. The highest BCUT2D eigenvalue weighted by Gasteiger charge is 2.09. The number of para-hydroxylation sites is 1. The normalized spacial score (nSPS) is 11.0. The van der Waals surface area contributed by atoms with Crippen molar-refractivity contribution in [2.75, 3.05) is 6.61 Å². The third kappa shape index (κ3) is 2.84. The van der Waals surface area contributed by atoms with Crippen LogP contribution in [0.3, 0.4) is 0 Å². The van der Waals surface area contributed by atoms with E-state index in [0.29, 0.717) is 13.0 Å². The summed E-state index contributed by atoms with van der Waals surface area (Å²) in [4.78, 5) is 13.9. The summed E-state index contributed by atoms with van der Waals surface area (Å²) in [6.07, 6.45) is 1.57. The van der Waals surface area contributed by atoms with Crippen LogP contribution in [-0.2, 0) is 4.79 Å². The fraction of sp³-hybridized carbons (Fsp3) is 0.235. The third-order valence-corrected chi connectivity index (χ3v) is 3.53. The van der Waals surface area contributed by atoms with Crippen LogP contribution in [0, 0.1) is 0 Å². The zero-order valence-corrected chi connectivity index (χ0v) is 11.6. The summed E-state index contributed by atoms with van der Waals surface area (Å²) in [5.41, 5.74) is 2.15. The van der Waals surface area contributed by atoms with Gasteiger partial charge in [-0.3, -0.25) is 4.79 Å². The molecule has 0 saturated carbocycles. The van der Waals surface area contributed by atoms with Crippen molar-refractivity contribution in [1.82, 2.24) is 4.98 Å². The quantitative estimate of drug-likeness (QED) is 0.673. The van der Waals surface area contributed by atoms with E-state index in [1.54, 1.807) is 0 Å². The van der Waals surface area contributed by atoms with Crippen LogP contribution >= 0.6 is 0 Å². The SMILES string of the molecule is O=C(O)CCCCOc1cccc2[nH]c3ccccc3c12. The number of ether oxygens (including phenoxy) is 1. The van der Waals surface area contributed by atoms with E-state index >= 15 is 0 Å². The van der Waals surface area contributed by atoms with Gasteiger partial charge in [-0.1, -0.05) is 24.3 Å². The number of carbonyl (C=O) groups is 1. The standard InChI is InChI=1S/C17H17NO3/c19-16(20)10-3-4-11-21-15-9-5-8-14-17(15)12-6-1-2-7-13(12)18-14/h1-2,5-9,18H,3-4,10-11H2,(H,19,20). The van der Waals surface area contributed by atoms with Crippen molar-refractivity contribution in [1.29, 1.82) is 0 Å². The smallest absolute Gasteiger partial charge is 0.303 e. The fourth-order valence-corrected chi connectivity index (χ4v) is 2.55. The Bertz CT molecular complexity index is 776. The van der Waals surface area contributed by atoms with Crippen LogP contribution in [0.4, 0.5) is 0 Å². The summed E-state index contributed by atoms with van der Waals surface area (Å²) in [6.45, 7) is 0.534. The lowest BCUT2D eigenvalue weighted by Crippen LogP contribution is -2.00. The van der Waals surface area contributed by atoms with Gasteiger partial charge >= 0.3 is 5.97 Å². The van der Waals surface area contributed by atoms with Gasteiger partial charge in [-0.05, 0) is 31.0 Å². The van der Waals surface area contributed by atoms with E-state index in [-0.39, 0.29) is 6.42 Å². The Morgan fingerprint density at radius 1 is 1.05 bits per heavy atom. The highest BCUT2D eigenvalue weighted by molar-refractivity contribution is 6.10. The number of hydrogen-bond donors (Lipinski definition) is 2. The number of aromatic nitrogens is 1. The number of unbranched alkanes of at least 4 members (excludes halogenated alkanes) is 1. The zero-order chi connectivity index (χ0) is 14.7. The number of H-pyrrole nitrogens is 1. The number of nitrogens with one attached hydrogen (secondary N) is 1. The summed E-state index contributed by atoms with van der Waals surface area (Å²) in [5, 5.41) is 10.9. The minimum atomic E-state index is -0.756. The fourth-order valence-electron chi connectivity index (χ4n) is 2.55. The number of carboxylic acids is 1. The molecule has 2 N–H and O–H groups in total. The lowest BCUT2D eigenvalue weighted by atomic mass is 10.1. The molecule has 0 aliphatic carbocycles. The lowest BCUT2D eigenvalue weighted by Gasteiger charge is -2.07. The van der Waals surface area contributed by atoms with Crippen LogP contribution < -0.4 is 4.74 Å². The van der Waals surface area contributed by atoms with E-state index < -0.39 is 5.97 Å². The predicted octanol–water partition coefficient (Wildman–Crippen LogP) is 3.95. The van der Waals surface area contributed by atoms with Gasteiger partial charge in [-0.15, -0.1) is 0 Å². The predicted molar refractivity (Wildman–Crippen MR) is 82.8 cm³/mol. The molecule has 0 radical (unpaired) electrons. The monoisotopic (exact) mass is 283 g/mol. The third-order valence-electron chi connectivity index (χ3n) is 3.53. The van der Waals surface area contributed by atoms with Crippen LogP contribution in [0.1, 0.15) is 19.3 Å². The minimum Gasteiger partial charge on any atom is -0.493 e. The second kappa shape index (κ2) is 5.87. The molecular weight excluding hydrogens is 266 g/mol. The molecule has 0 atom stereocenters. The van der Waals surface area contributed by atoms with Gasteiger partial charge in [-0.2, -0.15) is 0 Å². The molecule has 108 valence electrons. The van der Waals surface area contributed by atoms with E-state index in [4.69, 9.17) is 9.84 Å². The lowest BCUT2D eigenvalue weighted by molar-refractivity contribution is -0.137. The summed E-state index contributed by atoms with van der Waals surface area (Å²) < 4.78 is 5.85. The molecule has 4 heteroatoms. The Labute approximate surface area is 122 Å². The van der Waals surface area contributed by atoms with Crippen LogP contribution in [0.25, 0.3) is 21.8 Å². The molecule has 0 saturated heterocycles. The first-order valence-electron chi connectivity index (χ1n) is 7.10. The number of benzene rings is 2. The van der Waals surface area contributed by atoms with Crippen LogP contribution in [0.2, 0.25) is 0 Å². The molecule has 3 aromatic rings. The number of aliphatic carboxylic acids is 1. The molecule has 3 rings (SSSR count).